The molecular weight excluding hydrogens is 264 g/mol. The van der Waals surface area contributed by atoms with E-state index in [0.29, 0.717) is 6.42 Å². The third-order valence-corrected chi connectivity index (χ3v) is 3.90. The molecule has 0 bridgehead atoms. The smallest absolute Gasteiger partial charge is 0.463 e. The number of carbonyl (C=O) groups excluding carboxylic acids is 1. The van der Waals surface area contributed by atoms with Gasteiger partial charge in [-0.2, -0.15) is 0 Å². The largest absolute Gasteiger partial charge is 0.584 e. The molecule has 0 aromatic rings. The molecule has 0 aromatic carbocycles. The zero-order valence-electron chi connectivity index (χ0n) is 10.7. The Labute approximate surface area is 106 Å². The summed E-state index contributed by atoms with van der Waals surface area (Å²) >= 11 is 0. The van der Waals surface area contributed by atoms with Gasteiger partial charge < -0.3 is 4.74 Å². The summed E-state index contributed by atoms with van der Waals surface area (Å²) in [6.45, 7) is 3.44. The molecular formula is C9H18O8Si. The van der Waals surface area contributed by atoms with E-state index in [1.54, 1.807) is 0 Å². The number of hydrogen-bond donors (Lipinski definition) is 0. The Balaban J connectivity index is 4.20. The van der Waals surface area contributed by atoms with E-state index in [9.17, 15) is 4.79 Å². The van der Waals surface area contributed by atoms with Crippen molar-refractivity contribution in [3.63, 3.8) is 0 Å². The minimum atomic E-state index is -3.26. The van der Waals surface area contributed by atoms with E-state index in [1.807, 2.05) is 0 Å². The van der Waals surface area contributed by atoms with Crippen LogP contribution in [0.2, 0.25) is 6.04 Å². The predicted molar refractivity (Wildman–Crippen MR) is 60.6 cm³/mol. The minimum Gasteiger partial charge on any atom is -0.463 e. The van der Waals surface area contributed by atoms with Crippen LogP contribution in [-0.2, 0) is 37.9 Å². The number of hydrogen-bond acceptors (Lipinski definition) is 8. The van der Waals surface area contributed by atoms with E-state index in [1.165, 1.54) is 21.3 Å². The van der Waals surface area contributed by atoms with Crippen LogP contribution < -0.4 is 0 Å². The topological polar surface area (TPSA) is 81.7 Å². The van der Waals surface area contributed by atoms with Crippen molar-refractivity contribution in [1.82, 2.24) is 0 Å². The quantitative estimate of drug-likeness (QED) is 0.137. The normalized spacial score (nSPS) is 11.3. The van der Waals surface area contributed by atoms with Crippen molar-refractivity contribution in [3.8, 4) is 0 Å². The summed E-state index contributed by atoms with van der Waals surface area (Å²) in [5.74, 6) is -0.504. The average Bonchev–Trinajstić information content (AvgIpc) is 2.35. The fraction of sp³-hybridized carbons (Fsp3) is 0.667. The zero-order chi connectivity index (χ0) is 13.9. The number of esters is 1. The molecule has 0 aromatic heterocycles. The van der Waals surface area contributed by atoms with Crippen molar-refractivity contribution in [1.29, 1.82) is 0 Å². The first-order chi connectivity index (χ1) is 8.64. The molecule has 0 rings (SSSR count). The van der Waals surface area contributed by atoms with E-state index in [-0.39, 0.29) is 12.7 Å². The van der Waals surface area contributed by atoms with Crippen molar-refractivity contribution in [2.24, 2.45) is 0 Å². The third kappa shape index (κ3) is 6.81. The van der Waals surface area contributed by atoms with Crippen molar-refractivity contribution >= 4 is 14.8 Å². The van der Waals surface area contributed by atoms with Crippen molar-refractivity contribution in [2.45, 2.75) is 12.5 Å². The summed E-state index contributed by atoms with van der Waals surface area (Å²) in [4.78, 5) is 24.4. The molecule has 9 heteroatoms. The van der Waals surface area contributed by atoms with Crippen LogP contribution in [0.15, 0.2) is 12.7 Å². The summed E-state index contributed by atoms with van der Waals surface area (Å²) in [6, 6.07) is 0.271. The Morgan fingerprint density at radius 1 is 1.11 bits per heavy atom. The molecule has 0 heterocycles. The lowest BCUT2D eigenvalue weighted by Crippen LogP contribution is -2.45. The van der Waals surface area contributed by atoms with Crippen LogP contribution in [0.5, 0.6) is 0 Å². The van der Waals surface area contributed by atoms with E-state index < -0.39 is 14.8 Å². The predicted octanol–water partition coefficient (Wildman–Crippen LogP) is 0.779. The Morgan fingerprint density at radius 2 is 1.61 bits per heavy atom. The summed E-state index contributed by atoms with van der Waals surface area (Å²) in [5.41, 5.74) is 0. The highest BCUT2D eigenvalue weighted by Crippen LogP contribution is 2.18. The summed E-state index contributed by atoms with van der Waals surface area (Å²) < 4.78 is 19.6. The second-order valence-electron chi connectivity index (χ2n) is 2.91. The van der Waals surface area contributed by atoms with Gasteiger partial charge in [-0.3, -0.25) is 0 Å². The highest BCUT2D eigenvalue weighted by Gasteiger charge is 2.46. The molecule has 18 heavy (non-hydrogen) atoms. The summed E-state index contributed by atoms with van der Waals surface area (Å²) in [7, 11) is 0.648. The Kier molecular flexibility index (Phi) is 9.68. The third-order valence-electron chi connectivity index (χ3n) is 1.67. The fourth-order valence-electron chi connectivity index (χ4n) is 1.07. The monoisotopic (exact) mass is 282 g/mol. The van der Waals surface area contributed by atoms with Crippen LogP contribution in [0.1, 0.15) is 6.42 Å². The minimum absolute atomic E-state index is 0.160. The van der Waals surface area contributed by atoms with E-state index >= 15 is 0 Å². The molecule has 8 nitrogen and oxygen atoms in total. The number of rotatable bonds is 11. The average molecular weight is 282 g/mol. The van der Waals surface area contributed by atoms with Crippen LogP contribution in [-0.4, -0.2) is 42.7 Å². The summed E-state index contributed by atoms with van der Waals surface area (Å²) in [6.07, 6.45) is 1.50. The first-order valence-corrected chi connectivity index (χ1v) is 7.02. The Bertz CT molecular complexity index is 230. The van der Waals surface area contributed by atoms with Crippen molar-refractivity contribution in [2.75, 3.05) is 27.9 Å². The van der Waals surface area contributed by atoms with E-state index in [4.69, 9.17) is 18.5 Å². The first kappa shape index (κ1) is 17.2. The van der Waals surface area contributed by atoms with Gasteiger partial charge in [0.1, 0.15) is 0 Å². The van der Waals surface area contributed by atoms with Gasteiger partial charge in [-0.1, -0.05) is 6.58 Å². The van der Waals surface area contributed by atoms with E-state index in [2.05, 4.69) is 21.2 Å². The van der Waals surface area contributed by atoms with Crippen LogP contribution in [0.25, 0.3) is 0 Å². The number of ether oxygens (including phenoxy) is 1. The molecule has 0 saturated carbocycles. The van der Waals surface area contributed by atoms with Gasteiger partial charge in [0.15, 0.2) is 0 Å². The molecule has 0 radical (unpaired) electrons. The van der Waals surface area contributed by atoms with Crippen LogP contribution in [0.3, 0.4) is 0 Å². The SMILES string of the molecule is C=CC(=O)OCCC[Si](OOC)(OOC)OOC. The van der Waals surface area contributed by atoms with Crippen molar-refractivity contribution < 1.29 is 37.9 Å². The molecule has 0 saturated heterocycles. The molecule has 0 spiro atoms. The maximum absolute atomic E-state index is 10.8. The first-order valence-electron chi connectivity index (χ1n) is 5.08. The molecule has 0 unspecified atom stereocenters. The highest BCUT2D eigenvalue weighted by atomic mass is 28.4. The molecule has 106 valence electrons. The van der Waals surface area contributed by atoms with Gasteiger partial charge in [-0.25, -0.2) is 33.2 Å². The van der Waals surface area contributed by atoms with Gasteiger partial charge in [-0.15, -0.1) is 0 Å². The number of carbonyl (C=O) groups is 1. The lowest BCUT2D eigenvalue weighted by atomic mass is 10.5. The van der Waals surface area contributed by atoms with E-state index in [0.717, 1.165) is 6.08 Å². The van der Waals surface area contributed by atoms with Gasteiger partial charge in [-0.05, 0) is 6.42 Å². The molecule has 0 amide bonds. The van der Waals surface area contributed by atoms with Gasteiger partial charge in [0, 0.05) is 12.1 Å². The van der Waals surface area contributed by atoms with Gasteiger partial charge in [0.25, 0.3) is 0 Å². The highest BCUT2D eigenvalue weighted by molar-refractivity contribution is 6.59. The Morgan fingerprint density at radius 3 is 2.00 bits per heavy atom. The van der Waals surface area contributed by atoms with Crippen LogP contribution >= 0.6 is 0 Å². The molecule has 0 N–H and O–H groups in total. The standard InChI is InChI=1S/C9H18O8Si/c1-5-9(10)14-7-6-8-18(15-11-2,16-12-3)17-13-4/h5H,1,6-8H2,2-4H3. The Hall–Kier alpha value is -0.813. The van der Waals surface area contributed by atoms with Gasteiger partial charge in [0.2, 0.25) is 0 Å². The van der Waals surface area contributed by atoms with Crippen LogP contribution in [0, 0.1) is 0 Å². The lowest BCUT2D eigenvalue weighted by Gasteiger charge is -2.23. The van der Waals surface area contributed by atoms with Gasteiger partial charge in [0.05, 0.1) is 27.9 Å². The second-order valence-corrected chi connectivity index (χ2v) is 5.27. The summed E-state index contributed by atoms with van der Waals surface area (Å²) in [5, 5.41) is 0. The fourth-order valence-corrected chi connectivity index (χ4v) is 2.74. The van der Waals surface area contributed by atoms with Gasteiger partial charge >= 0.3 is 14.8 Å². The maximum Gasteiger partial charge on any atom is 0.584 e. The van der Waals surface area contributed by atoms with Crippen LogP contribution in [0.4, 0.5) is 0 Å². The second kappa shape index (κ2) is 10.1. The lowest BCUT2D eigenvalue weighted by molar-refractivity contribution is -0.343. The maximum atomic E-state index is 10.8. The zero-order valence-corrected chi connectivity index (χ0v) is 11.7. The molecule has 0 aliphatic rings. The molecule has 0 aliphatic carbocycles. The molecule has 0 fully saturated rings. The van der Waals surface area contributed by atoms with Crippen molar-refractivity contribution in [3.05, 3.63) is 12.7 Å². The molecule has 0 aliphatic heterocycles. The molecule has 0 atom stereocenters.